The van der Waals surface area contributed by atoms with E-state index in [1.165, 1.54) is 37.5 Å². The molecule has 2 aromatic rings. The summed E-state index contributed by atoms with van der Waals surface area (Å²) in [4.78, 5) is 24.2. The van der Waals surface area contributed by atoms with Gasteiger partial charge in [-0.15, -0.1) is 0 Å². The Hall–Kier alpha value is -3.02. The summed E-state index contributed by atoms with van der Waals surface area (Å²) < 4.78 is 11.2. The van der Waals surface area contributed by atoms with Crippen LogP contribution in [-0.2, 0) is 5.41 Å². The summed E-state index contributed by atoms with van der Waals surface area (Å²) >= 11 is 0. The first-order valence-corrected chi connectivity index (χ1v) is 10.9. The molecule has 6 rings (SSSR count). The van der Waals surface area contributed by atoms with Gasteiger partial charge in [-0.05, 0) is 98.1 Å². The number of ether oxygens (including phenoxy) is 2. The second-order valence-corrected chi connectivity index (χ2v) is 9.56. The van der Waals surface area contributed by atoms with Gasteiger partial charge in [-0.3, -0.25) is 0 Å². The smallest absolute Gasteiger partial charge is 0.343 e. The number of carboxylic acid groups (broad SMARTS) is 1. The third-order valence-electron chi connectivity index (χ3n) is 7.51. The number of nitrogen functional groups attached to an aromatic ring is 1. The monoisotopic (exact) mass is 421 g/mol. The predicted octanol–water partition coefficient (Wildman–Crippen LogP) is 4.66. The lowest BCUT2D eigenvalue weighted by atomic mass is 9.48. The van der Waals surface area contributed by atoms with Crippen LogP contribution in [-0.4, -0.2) is 24.2 Å². The molecule has 162 valence electrons. The van der Waals surface area contributed by atoms with Crippen molar-refractivity contribution in [3.8, 4) is 11.5 Å². The second kappa shape index (κ2) is 7.29. The Balaban J connectivity index is 1.47. The van der Waals surface area contributed by atoms with Gasteiger partial charge in [0.15, 0.2) is 5.75 Å². The number of hydrogen-bond acceptors (Lipinski definition) is 5. The van der Waals surface area contributed by atoms with E-state index in [-0.39, 0.29) is 22.4 Å². The first-order chi connectivity index (χ1) is 14.9. The van der Waals surface area contributed by atoms with Crippen LogP contribution in [0.2, 0.25) is 0 Å². The van der Waals surface area contributed by atoms with Gasteiger partial charge in [-0.25, -0.2) is 9.59 Å². The molecule has 4 aliphatic rings. The summed E-state index contributed by atoms with van der Waals surface area (Å²) in [6.07, 6.45) is 7.47. The van der Waals surface area contributed by atoms with Crippen molar-refractivity contribution in [2.24, 2.45) is 17.8 Å². The number of hydrogen-bond donors (Lipinski definition) is 2. The van der Waals surface area contributed by atoms with Crippen molar-refractivity contribution < 1.29 is 24.2 Å². The standard InChI is InChI=1S/C25H27NO5/c1-30-21-5-3-18(24(29)31-22-10-17(23(27)28)2-4-20(22)26)9-19(21)25-11-14-6-15(12-25)8-16(7-14)13-25/h2-5,9-10,14-16H,6-8,11-13,26H2,1H3,(H,27,28). The van der Waals surface area contributed by atoms with Gasteiger partial charge in [-0.1, -0.05) is 0 Å². The van der Waals surface area contributed by atoms with Crippen LogP contribution in [0.25, 0.3) is 0 Å². The summed E-state index contributed by atoms with van der Waals surface area (Å²) in [6, 6.07) is 9.56. The van der Waals surface area contributed by atoms with Gasteiger partial charge in [-0.2, -0.15) is 0 Å². The summed E-state index contributed by atoms with van der Waals surface area (Å²) in [5, 5.41) is 9.20. The van der Waals surface area contributed by atoms with Crippen LogP contribution >= 0.6 is 0 Å². The number of esters is 1. The van der Waals surface area contributed by atoms with Crippen LogP contribution in [0.5, 0.6) is 11.5 Å². The highest BCUT2D eigenvalue weighted by Gasteiger charge is 2.52. The maximum Gasteiger partial charge on any atom is 0.343 e. The summed E-state index contributed by atoms with van der Waals surface area (Å²) in [5.41, 5.74) is 7.73. The Bertz CT molecular complexity index is 1020. The van der Waals surface area contributed by atoms with E-state index in [4.69, 9.17) is 15.2 Å². The molecule has 0 saturated heterocycles. The average molecular weight is 421 g/mol. The molecule has 4 fully saturated rings. The minimum atomic E-state index is -1.11. The molecular weight excluding hydrogens is 394 g/mol. The molecule has 6 nitrogen and oxygen atoms in total. The molecule has 0 heterocycles. The van der Waals surface area contributed by atoms with E-state index in [0.29, 0.717) is 5.56 Å². The lowest BCUT2D eigenvalue weighted by molar-refractivity contribution is -0.00618. The van der Waals surface area contributed by atoms with Crippen molar-refractivity contribution >= 4 is 17.6 Å². The lowest BCUT2D eigenvalue weighted by Crippen LogP contribution is -2.48. The van der Waals surface area contributed by atoms with Crippen molar-refractivity contribution in [3.63, 3.8) is 0 Å². The molecule has 4 saturated carbocycles. The molecule has 6 heteroatoms. The third kappa shape index (κ3) is 3.44. The third-order valence-corrected chi connectivity index (χ3v) is 7.51. The number of carbonyl (C=O) groups is 2. The van der Waals surface area contributed by atoms with Crippen molar-refractivity contribution in [2.45, 2.75) is 43.9 Å². The van der Waals surface area contributed by atoms with Crippen molar-refractivity contribution in [3.05, 3.63) is 53.1 Å². The van der Waals surface area contributed by atoms with E-state index in [2.05, 4.69) is 0 Å². The molecule has 4 bridgehead atoms. The lowest BCUT2D eigenvalue weighted by Gasteiger charge is -2.57. The van der Waals surface area contributed by atoms with Crippen molar-refractivity contribution in [1.82, 2.24) is 0 Å². The molecule has 0 aliphatic heterocycles. The van der Waals surface area contributed by atoms with E-state index in [1.807, 2.05) is 12.1 Å². The van der Waals surface area contributed by atoms with E-state index in [1.54, 1.807) is 13.2 Å². The molecule has 0 spiro atoms. The summed E-state index contributed by atoms with van der Waals surface area (Å²) in [7, 11) is 1.68. The zero-order valence-electron chi connectivity index (χ0n) is 17.6. The van der Waals surface area contributed by atoms with Crippen LogP contribution in [0.4, 0.5) is 5.69 Å². The minimum absolute atomic E-state index is 0.0148. The average Bonchev–Trinajstić information content (AvgIpc) is 2.73. The molecule has 0 amide bonds. The zero-order valence-corrected chi connectivity index (χ0v) is 17.6. The predicted molar refractivity (Wildman–Crippen MR) is 116 cm³/mol. The van der Waals surface area contributed by atoms with E-state index in [0.717, 1.165) is 48.3 Å². The van der Waals surface area contributed by atoms with Gasteiger partial charge in [0.25, 0.3) is 0 Å². The fraction of sp³-hybridized carbons (Fsp3) is 0.440. The van der Waals surface area contributed by atoms with Gasteiger partial charge in [0.1, 0.15) is 5.75 Å². The number of benzene rings is 2. The van der Waals surface area contributed by atoms with E-state index < -0.39 is 11.9 Å². The molecule has 0 aromatic heterocycles. The molecule has 31 heavy (non-hydrogen) atoms. The maximum absolute atomic E-state index is 13.0. The van der Waals surface area contributed by atoms with Crippen LogP contribution in [0, 0.1) is 17.8 Å². The van der Waals surface area contributed by atoms with Gasteiger partial charge in [0.05, 0.1) is 23.9 Å². The normalized spacial score (nSPS) is 28.4. The fourth-order valence-corrected chi connectivity index (χ4v) is 6.60. The number of rotatable bonds is 5. The van der Waals surface area contributed by atoms with E-state index in [9.17, 15) is 14.7 Å². The van der Waals surface area contributed by atoms with Crippen LogP contribution < -0.4 is 15.2 Å². The molecule has 4 aliphatic carbocycles. The SMILES string of the molecule is COc1ccc(C(=O)Oc2cc(C(=O)O)ccc2N)cc1C12CC3CC(CC(C3)C1)C2. The van der Waals surface area contributed by atoms with Crippen LogP contribution in [0.1, 0.15) is 64.8 Å². The number of aromatic carboxylic acids is 1. The first-order valence-electron chi connectivity index (χ1n) is 10.9. The Morgan fingerprint density at radius 2 is 1.55 bits per heavy atom. The molecular formula is C25H27NO5. The molecule has 0 radical (unpaired) electrons. The molecule has 0 atom stereocenters. The maximum atomic E-state index is 13.0. The van der Waals surface area contributed by atoms with E-state index >= 15 is 0 Å². The van der Waals surface area contributed by atoms with Gasteiger partial charge < -0.3 is 20.3 Å². The number of methoxy groups -OCH3 is 1. The fourth-order valence-electron chi connectivity index (χ4n) is 6.60. The Morgan fingerprint density at radius 1 is 0.935 bits per heavy atom. The molecule has 3 N–H and O–H groups in total. The van der Waals surface area contributed by atoms with Gasteiger partial charge in [0.2, 0.25) is 0 Å². The Labute approximate surface area is 181 Å². The highest BCUT2D eigenvalue weighted by molar-refractivity contribution is 5.93. The minimum Gasteiger partial charge on any atom is -0.496 e. The molecule has 0 unspecified atom stereocenters. The van der Waals surface area contributed by atoms with Gasteiger partial charge in [0, 0.05) is 5.56 Å². The largest absolute Gasteiger partial charge is 0.496 e. The Kier molecular flexibility index (Phi) is 4.68. The van der Waals surface area contributed by atoms with Crippen molar-refractivity contribution in [2.75, 3.05) is 12.8 Å². The highest BCUT2D eigenvalue weighted by Crippen LogP contribution is 2.61. The second-order valence-electron chi connectivity index (χ2n) is 9.56. The van der Waals surface area contributed by atoms with Gasteiger partial charge >= 0.3 is 11.9 Å². The number of carbonyl (C=O) groups excluding carboxylic acids is 1. The highest BCUT2D eigenvalue weighted by atomic mass is 16.5. The number of nitrogens with two attached hydrogens (primary N) is 1. The number of anilines is 1. The first kappa shape index (κ1) is 19.9. The molecule has 2 aromatic carbocycles. The summed E-state index contributed by atoms with van der Waals surface area (Å²) in [6.45, 7) is 0. The Morgan fingerprint density at radius 3 is 2.13 bits per heavy atom. The summed E-state index contributed by atoms with van der Waals surface area (Å²) in [5.74, 6) is 1.53. The quantitative estimate of drug-likeness (QED) is 0.414. The zero-order chi connectivity index (χ0) is 21.8. The van der Waals surface area contributed by atoms with Crippen LogP contribution in [0.3, 0.4) is 0 Å². The topological polar surface area (TPSA) is 98.8 Å². The van der Waals surface area contributed by atoms with Crippen molar-refractivity contribution in [1.29, 1.82) is 0 Å². The van der Waals surface area contributed by atoms with Crippen LogP contribution in [0.15, 0.2) is 36.4 Å². The number of carboxylic acids is 1.